The predicted molar refractivity (Wildman–Crippen MR) is 101 cm³/mol. The van der Waals surface area contributed by atoms with Gasteiger partial charge in [-0.2, -0.15) is 9.64 Å². The summed E-state index contributed by atoms with van der Waals surface area (Å²) in [6, 6.07) is 11.2. The molecule has 0 aliphatic carbocycles. The molecule has 0 spiro atoms. The molecule has 0 fully saturated rings. The van der Waals surface area contributed by atoms with E-state index in [9.17, 15) is 22.9 Å². The molecule has 2 aromatic heterocycles. The van der Waals surface area contributed by atoms with Crippen LogP contribution in [0.5, 0.6) is 0 Å². The number of hydrogen-bond donors (Lipinski definition) is 0. The van der Waals surface area contributed by atoms with Gasteiger partial charge in [0, 0.05) is 12.1 Å². The number of rotatable bonds is 5. The number of benzene rings is 2. The standard InChI is InChI=1S/C18H11FN4O4S2/c19-12-6-13-15(7-16(12)29(25,26)9-17-21-10-22-28-17)27-18(24)23(13)14(8-20)11-4-2-1-3-5-11/h1-7,10,14H,9H2. The Labute approximate surface area is 167 Å². The van der Waals surface area contributed by atoms with E-state index < -0.39 is 38.1 Å². The lowest BCUT2D eigenvalue weighted by Crippen LogP contribution is -2.20. The molecule has 0 radical (unpaired) electrons. The lowest BCUT2D eigenvalue weighted by atomic mass is 10.1. The first-order valence-electron chi connectivity index (χ1n) is 8.18. The van der Waals surface area contributed by atoms with Crippen LogP contribution in [0, 0.1) is 17.1 Å². The molecule has 0 saturated carbocycles. The molecule has 0 bridgehead atoms. The summed E-state index contributed by atoms with van der Waals surface area (Å²) in [7, 11) is -4.09. The number of fused-ring (bicyclic) bond motifs is 1. The highest BCUT2D eigenvalue weighted by atomic mass is 32.2. The molecule has 0 aliphatic heterocycles. The minimum atomic E-state index is -4.09. The minimum Gasteiger partial charge on any atom is -0.408 e. The van der Waals surface area contributed by atoms with Crippen LogP contribution in [-0.4, -0.2) is 22.3 Å². The third kappa shape index (κ3) is 3.43. The Balaban J connectivity index is 1.85. The van der Waals surface area contributed by atoms with Crippen molar-refractivity contribution >= 4 is 32.5 Å². The van der Waals surface area contributed by atoms with Crippen molar-refractivity contribution in [1.29, 1.82) is 5.26 Å². The van der Waals surface area contributed by atoms with Crippen molar-refractivity contribution in [3.63, 3.8) is 0 Å². The first kappa shape index (κ1) is 19.0. The summed E-state index contributed by atoms with van der Waals surface area (Å²) in [5, 5.41) is 9.78. The van der Waals surface area contributed by atoms with E-state index in [2.05, 4.69) is 9.36 Å². The number of nitriles is 1. The van der Waals surface area contributed by atoms with Gasteiger partial charge in [0.2, 0.25) is 0 Å². The molecule has 146 valence electrons. The zero-order chi connectivity index (χ0) is 20.6. The van der Waals surface area contributed by atoms with E-state index in [0.29, 0.717) is 5.56 Å². The first-order chi connectivity index (χ1) is 13.9. The van der Waals surface area contributed by atoms with Crippen molar-refractivity contribution in [3.8, 4) is 6.07 Å². The number of hydrogen-bond acceptors (Lipinski definition) is 8. The number of halogens is 1. The fourth-order valence-corrected chi connectivity index (χ4v) is 5.12. The average molecular weight is 430 g/mol. The van der Waals surface area contributed by atoms with E-state index in [-0.39, 0.29) is 16.1 Å². The van der Waals surface area contributed by atoms with Gasteiger partial charge in [-0.1, -0.05) is 30.3 Å². The molecule has 0 saturated heterocycles. The molecule has 11 heteroatoms. The van der Waals surface area contributed by atoms with Crippen LogP contribution < -0.4 is 5.76 Å². The van der Waals surface area contributed by atoms with E-state index in [1.54, 1.807) is 30.3 Å². The van der Waals surface area contributed by atoms with Gasteiger partial charge < -0.3 is 4.42 Å². The summed E-state index contributed by atoms with van der Waals surface area (Å²) < 4.78 is 49.8. The maximum absolute atomic E-state index is 14.8. The van der Waals surface area contributed by atoms with Crippen molar-refractivity contribution in [2.75, 3.05) is 0 Å². The van der Waals surface area contributed by atoms with Crippen LogP contribution in [0.15, 0.2) is 62.9 Å². The van der Waals surface area contributed by atoms with Gasteiger partial charge in [0.1, 0.15) is 27.8 Å². The zero-order valence-electron chi connectivity index (χ0n) is 14.5. The molecule has 1 unspecified atom stereocenters. The quantitative estimate of drug-likeness (QED) is 0.477. The van der Waals surface area contributed by atoms with Gasteiger partial charge in [-0.15, -0.1) is 0 Å². The van der Waals surface area contributed by atoms with Crippen LogP contribution in [0.3, 0.4) is 0 Å². The van der Waals surface area contributed by atoms with Crippen molar-refractivity contribution in [2.45, 2.75) is 16.7 Å². The van der Waals surface area contributed by atoms with Crippen molar-refractivity contribution in [2.24, 2.45) is 0 Å². The largest absolute Gasteiger partial charge is 0.421 e. The normalized spacial score (nSPS) is 12.7. The van der Waals surface area contributed by atoms with Gasteiger partial charge >= 0.3 is 5.76 Å². The van der Waals surface area contributed by atoms with Crippen LogP contribution in [0.4, 0.5) is 4.39 Å². The van der Waals surface area contributed by atoms with Crippen molar-refractivity contribution < 1.29 is 17.2 Å². The third-order valence-electron chi connectivity index (χ3n) is 4.22. The number of aromatic nitrogens is 3. The van der Waals surface area contributed by atoms with Gasteiger partial charge in [0.15, 0.2) is 21.5 Å². The smallest absolute Gasteiger partial charge is 0.408 e. The van der Waals surface area contributed by atoms with Crippen molar-refractivity contribution in [1.82, 2.24) is 13.9 Å². The predicted octanol–water partition coefficient (Wildman–Crippen LogP) is 2.67. The maximum Gasteiger partial charge on any atom is 0.421 e. The molecule has 8 nitrogen and oxygen atoms in total. The first-order valence-corrected chi connectivity index (χ1v) is 10.6. The second-order valence-electron chi connectivity index (χ2n) is 6.02. The molecule has 29 heavy (non-hydrogen) atoms. The van der Waals surface area contributed by atoms with Gasteiger partial charge in [-0.25, -0.2) is 22.6 Å². The highest BCUT2D eigenvalue weighted by Gasteiger charge is 2.26. The Morgan fingerprint density at radius 2 is 2.03 bits per heavy atom. The van der Waals surface area contributed by atoms with E-state index in [1.165, 1.54) is 6.33 Å². The number of sulfone groups is 1. The van der Waals surface area contributed by atoms with Gasteiger partial charge in [-0.3, -0.25) is 4.57 Å². The maximum atomic E-state index is 14.8. The Kier molecular flexibility index (Phi) is 4.73. The summed E-state index contributed by atoms with van der Waals surface area (Å²) in [5.74, 6) is -2.48. The Morgan fingerprint density at radius 1 is 1.28 bits per heavy atom. The average Bonchev–Trinajstić information content (AvgIpc) is 3.30. The van der Waals surface area contributed by atoms with E-state index >= 15 is 0 Å². The van der Waals surface area contributed by atoms with Crippen LogP contribution in [0.25, 0.3) is 11.1 Å². The summed E-state index contributed by atoms with van der Waals surface area (Å²) in [6.45, 7) is 0. The van der Waals surface area contributed by atoms with E-state index in [0.717, 1.165) is 28.2 Å². The van der Waals surface area contributed by atoms with Gasteiger partial charge in [0.05, 0.1) is 11.6 Å². The second-order valence-corrected chi connectivity index (χ2v) is 8.85. The molecule has 1 atom stereocenters. The molecule has 0 N–H and O–H groups in total. The van der Waals surface area contributed by atoms with Crippen LogP contribution in [0.2, 0.25) is 0 Å². The minimum absolute atomic E-state index is 0.0160. The molecule has 2 aromatic carbocycles. The molecule has 2 heterocycles. The molecule has 4 aromatic rings. The summed E-state index contributed by atoms with van der Waals surface area (Å²) >= 11 is 0.889. The monoisotopic (exact) mass is 430 g/mol. The summed E-state index contributed by atoms with van der Waals surface area (Å²) in [6.07, 6.45) is 1.21. The third-order valence-corrected chi connectivity index (χ3v) is 6.70. The highest BCUT2D eigenvalue weighted by Crippen LogP contribution is 2.28. The summed E-state index contributed by atoms with van der Waals surface area (Å²) in [5.41, 5.74) is 0.356. The van der Waals surface area contributed by atoms with Gasteiger partial charge in [-0.05, 0) is 17.1 Å². The van der Waals surface area contributed by atoms with E-state index in [4.69, 9.17) is 4.42 Å². The summed E-state index contributed by atoms with van der Waals surface area (Å²) in [4.78, 5) is 15.6. The molecule has 4 rings (SSSR count). The highest BCUT2D eigenvalue weighted by molar-refractivity contribution is 7.90. The lowest BCUT2D eigenvalue weighted by molar-refractivity contribution is 0.504. The Hall–Kier alpha value is -3.36. The molecular weight excluding hydrogens is 419 g/mol. The Morgan fingerprint density at radius 3 is 2.69 bits per heavy atom. The fourth-order valence-electron chi connectivity index (χ4n) is 2.94. The van der Waals surface area contributed by atoms with Crippen molar-refractivity contribution in [3.05, 3.63) is 75.7 Å². The number of nitrogens with zero attached hydrogens (tertiary/aromatic N) is 4. The molecule has 0 amide bonds. The zero-order valence-corrected chi connectivity index (χ0v) is 16.2. The van der Waals surface area contributed by atoms with Crippen LogP contribution >= 0.6 is 11.5 Å². The lowest BCUT2D eigenvalue weighted by Gasteiger charge is -2.11. The number of oxazole rings is 1. The van der Waals surface area contributed by atoms with Gasteiger partial charge in [0.25, 0.3) is 0 Å². The molecule has 0 aliphatic rings. The fraction of sp³-hybridized carbons (Fsp3) is 0.111. The Bertz CT molecular complexity index is 1390. The SMILES string of the molecule is N#CC(c1ccccc1)n1c(=O)oc2cc(S(=O)(=O)Cc3ncns3)c(F)cc21. The van der Waals surface area contributed by atoms with E-state index in [1.807, 2.05) is 6.07 Å². The van der Waals surface area contributed by atoms with Crippen LogP contribution in [0.1, 0.15) is 16.6 Å². The topological polar surface area (TPSA) is 119 Å². The van der Waals surface area contributed by atoms with Crippen LogP contribution in [-0.2, 0) is 15.6 Å². The second kappa shape index (κ2) is 7.23. The molecular formula is C18H11FN4O4S2.